The zero-order valence-corrected chi connectivity index (χ0v) is 11.7. The Morgan fingerprint density at radius 1 is 1.20 bits per heavy atom. The van der Waals surface area contributed by atoms with E-state index >= 15 is 0 Å². The largest absolute Gasteiger partial charge is 0.399 e. The quantitative estimate of drug-likeness (QED) is 0.840. The van der Waals surface area contributed by atoms with Gasteiger partial charge in [0.1, 0.15) is 0 Å². The molecule has 0 radical (unpaired) electrons. The number of benzene rings is 2. The minimum absolute atomic E-state index is 0.133. The molecule has 1 aliphatic carbocycles. The highest BCUT2D eigenvalue weighted by Crippen LogP contribution is 2.34. The molecule has 20 heavy (non-hydrogen) atoms. The SMILES string of the molecule is CN(Cc1cccc(N)c1)[C@@H]1Cc2ccccc2[C@@H]1O. The van der Waals surface area contributed by atoms with Gasteiger partial charge in [0.2, 0.25) is 0 Å². The van der Waals surface area contributed by atoms with Crippen molar-refractivity contribution < 1.29 is 5.11 Å². The summed E-state index contributed by atoms with van der Waals surface area (Å²) in [5.74, 6) is 0. The molecular formula is C17H20N2O. The summed E-state index contributed by atoms with van der Waals surface area (Å²) in [4.78, 5) is 2.21. The lowest BCUT2D eigenvalue weighted by Gasteiger charge is -2.27. The van der Waals surface area contributed by atoms with Gasteiger partial charge in [0.15, 0.2) is 0 Å². The standard InChI is InChI=1S/C17H20N2O/c1-19(11-12-5-4-7-14(18)9-12)16-10-13-6-2-3-8-15(13)17(16)20/h2-9,16-17,20H,10-11,18H2,1H3/t16-,17+/m1/s1. The molecule has 0 unspecified atom stereocenters. The highest BCUT2D eigenvalue weighted by atomic mass is 16.3. The van der Waals surface area contributed by atoms with E-state index < -0.39 is 6.10 Å². The molecular weight excluding hydrogens is 248 g/mol. The minimum atomic E-state index is -0.405. The van der Waals surface area contributed by atoms with Crippen molar-refractivity contribution in [1.29, 1.82) is 0 Å². The van der Waals surface area contributed by atoms with Crippen LogP contribution in [0.1, 0.15) is 22.8 Å². The van der Waals surface area contributed by atoms with Crippen LogP contribution in [0.3, 0.4) is 0 Å². The second-order valence-corrected chi connectivity index (χ2v) is 5.58. The molecule has 3 nitrogen and oxygen atoms in total. The van der Waals surface area contributed by atoms with E-state index in [0.717, 1.165) is 24.2 Å². The Balaban J connectivity index is 1.75. The number of rotatable bonds is 3. The van der Waals surface area contributed by atoms with Crippen LogP contribution in [0.4, 0.5) is 5.69 Å². The van der Waals surface area contributed by atoms with Crippen LogP contribution in [0.5, 0.6) is 0 Å². The van der Waals surface area contributed by atoms with Crippen LogP contribution >= 0.6 is 0 Å². The fourth-order valence-electron chi connectivity index (χ4n) is 3.05. The number of hydrogen-bond donors (Lipinski definition) is 2. The first kappa shape index (κ1) is 13.2. The van der Waals surface area contributed by atoms with Crippen LogP contribution in [0, 0.1) is 0 Å². The van der Waals surface area contributed by atoms with E-state index in [4.69, 9.17) is 5.73 Å². The maximum absolute atomic E-state index is 10.5. The van der Waals surface area contributed by atoms with Crippen molar-refractivity contribution in [2.24, 2.45) is 0 Å². The third kappa shape index (κ3) is 2.42. The first-order valence-corrected chi connectivity index (χ1v) is 6.95. The number of nitrogens with two attached hydrogens (primary N) is 1. The van der Waals surface area contributed by atoms with Crippen LogP contribution < -0.4 is 5.73 Å². The summed E-state index contributed by atoms with van der Waals surface area (Å²) in [7, 11) is 2.06. The lowest BCUT2D eigenvalue weighted by atomic mass is 10.1. The molecule has 1 aliphatic rings. The second kappa shape index (κ2) is 5.27. The number of anilines is 1. The van der Waals surface area contributed by atoms with Crippen LogP contribution in [-0.2, 0) is 13.0 Å². The predicted molar refractivity (Wildman–Crippen MR) is 81.2 cm³/mol. The summed E-state index contributed by atoms with van der Waals surface area (Å²) in [6.45, 7) is 0.792. The van der Waals surface area contributed by atoms with Crippen LogP contribution in [0.25, 0.3) is 0 Å². The number of nitrogens with zero attached hydrogens (tertiary/aromatic N) is 1. The fourth-order valence-corrected chi connectivity index (χ4v) is 3.05. The van der Waals surface area contributed by atoms with Crippen LogP contribution in [0.15, 0.2) is 48.5 Å². The molecule has 0 fully saturated rings. The van der Waals surface area contributed by atoms with E-state index in [9.17, 15) is 5.11 Å². The Kier molecular flexibility index (Phi) is 3.47. The van der Waals surface area contributed by atoms with Crippen molar-refractivity contribution >= 4 is 5.69 Å². The van der Waals surface area contributed by atoms with E-state index in [1.54, 1.807) is 0 Å². The van der Waals surface area contributed by atoms with Gasteiger partial charge in [-0.25, -0.2) is 0 Å². The molecule has 0 heterocycles. The summed E-state index contributed by atoms with van der Waals surface area (Å²) in [6, 6.07) is 16.2. The first-order valence-electron chi connectivity index (χ1n) is 6.95. The highest BCUT2D eigenvalue weighted by Gasteiger charge is 2.33. The molecule has 3 N–H and O–H groups in total. The number of hydrogen-bond acceptors (Lipinski definition) is 3. The summed E-state index contributed by atoms with van der Waals surface area (Å²) in [6.07, 6.45) is 0.494. The molecule has 3 rings (SSSR count). The Morgan fingerprint density at radius 3 is 2.75 bits per heavy atom. The minimum Gasteiger partial charge on any atom is -0.399 e. The Hall–Kier alpha value is -1.84. The summed E-state index contributed by atoms with van der Waals surface area (Å²) in [5.41, 5.74) is 10.1. The van der Waals surface area contributed by atoms with Crippen LogP contribution in [0.2, 0.25) is 0 Å². The molecule has 3 heteroatoms. The van der Waals surface area contributed by atoms with Gasteiger partial charge in [0.25, 0.3) is 0 Å². The monoisotopic (exact) mass is 268 g/mol. The molecule has 2 aromatic carbocycles. The van der Waals surface area contributed by atoms with Crippen molar-refractivity contribution in [3.63, 3.8) is 0 Å². The van der Waals surface area contributed by atoms with E-state index in [2.05, 4.69) is 24.1 Å². The molecule has 0 aliphatic heterocycles. The average molecular weight is 268 g/mol. The Bertz CT molecular complexity index is 611. The third-order valence-corrected chi connectivity index (χ3v) is 4.12. The lowest BCUT2D eigenvalue weighted by Crippen LogP contribution is -2.34. The second-order valence-electron chi connectivity index (χ2n) is 5.58. The summed E-state index contributed by atoms with van der Waals surface area (Å²) >= 11 is 0. The van der Waals surface area contributed by atoms with Crippen molar-refractivity contribution in [3.8, 4) is 0 Å². The highest BCUT2D eigenvalue weighted by molar-refractivity contribution is 5.41. The van der Waals surface area contributed by atoms with Crippen LogP contribution in [-0.4, -0.2) is 23.1 Å². The fraction of sp³-hybridized carbons (Fsp3) is 0.294. The third-order valence-electron chi connectivity index (χ3n) is 4.12. The van der Waals surface area contributed by atoms with E-state index in [1.165, 1.54) is 11.1 Å². The van der Waals surface area contributed by atoms with Crippen molar-refractivity contribution in [1.82, 2.24) is 4.90 Å². The van der Waals surface area contributed by atoms with E-state index in [0.29, 0.717) is 0 Å². The van der Waals surface area contributed by atoms with Gasteiger partial charge in [-0.2, -0.15) is 0 Å². The molecule has 0 amide bonds. The molecule has 0 saturated carbocycles. The maximum Gasteiger partial charge on any atom is 0.0951 e. The topological polar surface area (TPSA) is 49.5 Å². The molecule has 104 valence electrons. The Morgan fingerprint density at radius 2 is 2.00 bits per heavy atom. The van der Waals surface area contributed by atoms with Crippen molar-refractivity contribution in [2.75, 3.05) is 12.8 Å². The number of nitrogen functional groups attached to an aromatic ring is 1. The zero-order valence-electron chi connectivity index (χ0n) is 11.7. The van der Waals surface area contributed by atoms with Gasteiger partial charge in [0, 0.05) is 18.3 Å². The number of aliphatic hydroxyl groups is 1. The maximum atomic E-state index is 10.5. The van der Waals surface area contributed by atoms with Gasteiger partial charge in [-0.15, -0.1) is 0 Å². The smallest absolute Gasteiger partial charge is 0.0951 e. The van der Waals surface area contributed by atoms with E-state index in [-0.39, 0.29) is 6.04 Å². The predicted octanol–water partition coefficient (Wildman–Crippen LogP) is 2.36. The summed E-state index contributed by atoms with van der Waals surface area (Å²) in [5, 5.41) is 10.5. The van der Waals surface area contributed by atoms with Gasteiger partial charge in [-0.05, 0) is 42.3 Å². The van der Waals surface area contributed by atoms with Gasteiger partial charge in [-0.3, -0.25) is 4.90 Å². The van der Waals surface area contributed by atoms with Gasteiger partial charge in [-0.1, -0.05) is 36.4 Å². The normalized spacial score (nSPS) is 21.1. The zero-order chi connectivity index (χ0) is 14.1. The summed E-state index contributed by atoms with van der Waals surface area (Å²) < 4.78 is 0. The van der Waals surface area contributed by atoms with Gasteiger partial charge >= 0.3 is 0 Å². The molecule has 0 bridgehead atoms. The van der Waals surface area contributed by atoms with E-state index in [1.807, 2.05) is 36.4 Å². The Labute approximate surface area is 119 Å². The molecule has 0 spiro atoms. The molecule has 0 aromatic heterocycles. The van der Waals surface area contributed by atoms with Gasteiger partial charge in [0.05, 0.1) is 6.10 Å². The first-order chi connectivity index (χ1) is 9.65. The molecule has 0 saturated heterocycles. The number of fused-ring (bicyclic) bond motifs is 1. The lowest BCUT2D eigenvalue weighted by molar-refractivity contribution is 0.0721. The molecule has 2 atom stereocenters. The number of likely N-dealkylation sites (N-methyl/N-ethyl adjacent to an activating group) is 1. The van der Waals surface area contributed by atoms with Crippen molar-refractivity contribution in [2.45, 2.75) is 25.1 Å². The number of aliphatic hydroxyl groups excluding tert-OH is 1. The van der Waals surface area contributed by atoms with Crippen molar-refractivity contribution in [3.05, 3.63) is 65.2 Å². The van der Waals surface area contributed by atoms with Gasteiger partial charge < -0.3 is 10.8 Å². The molecule has 2 aromatic rings. The average Bonchev–Trinajstić information content (AvgIpc) is 2.77.